The van der Waals surface area contributed by atoms with E-state index in [2.05, 4.69) is 6.92 Å². The molecule has 0 radical (unpaired) electrons. The van der Waals surface area contributed by atoms with E-state index in [1.807, 2.05) is 24.3 Å². The molecule has 0 atom stereocenters. The number of aldehydes is 1. The Morgan fingerprint density at radius 1 is 0.833 bits per heavy atom. The molecule has 0 saturated carbocycles. The van der Waals surface area contributed by atoms with E-state index in [4.69, 9.17) is 0 Å². The van der Waals surface area contributed by atoms with Crippen LogP contribution in [0.2, 0.25) is 0 Å². The molecule has 1 nitrogen and oxygen atoms in total. The normalized spacial score (nSPS) is 11.1. The molecule has 0 fully saturated rings. The fourth-order valence-corrected chi connectivity index (χ4v) is 3.87. The van der Waals surface area contributed by atoms with Crippen LogP contribution >= 0.6 is 0 Å². The minimum atomic E-state index is -0.814. The molecule has 4 aromatic rings. The predicted molar refractivity (Wildman–Crippen MR) is 114 cm³/mol. The van der Waals surface area contributed by atoms with Crippen molar-refractivity contribution in [2.24, 2.45) is 0 Å². The van der Waals surface area contributed by atoms with Crippen molar-refractivity contribution < 1.29 is 18.0 Å². The van der Waals surface area contributed by atoms with E-state index in [-0.39, 0.29) is 16.7 Å². The maximum Gasteiger partial charge on any atom is 0.151 e. The van der Waals surface area contributed by atoms with Crippen molar-refractivity contribution in [3.63, 3.8) is 0 Å². The van der Waals surface area contributed by atoms with Crippen LogP contribution in [0.5, 0.6) is 0 Å². The quantitative estimate of drug-likeness (QED) is 0.318. The van der Waals surface area contributed by atoms with Gasteiger partial charge in [-0.15, -0.1) is 0 Å². The number of hydrogen-bond acceptors (Lipinski definition) is 1. The lowest BCUT2D eigenvalue weighted by Crippen LogP contribution is -1.96. The molecule has 0 spiro atoms. The second-order valence-electron chi connectivity index (χ2n) is 7.28. The smallest absolute Gasteiger partial charge is 0.151 e. The zero-order valence-electron chi connectivity index (χ0n) is 16.4. The van der Waals surface area contributed by atoms with Crippen LogP contribution in [0, 0.1) is 17.5 Å². The third kappa shape index (κ3) is 3.61. The minimum absolute atomic E-state index is 0.120. The van der Waals surface area contributed by atoms with E-state index < -0.39 is 17.5 Å². The van der Waals surface area contributed by atoms with Crippen molar-refractivity contribution in [2.75, 3.05) is 0 Å². The largest absolute Gasteiger partial charge is 0.298 e. The maximum absolute atomic E-state index is 14.9. The summed E-state index contributed by atoms with van der Waals surface area (Å²) in [5.74, 6) is -2.20. The van der Waals surface area contributed by atoms with Crippen LogP contribution in [0.4, 0.5) is 13.2 Å². The van der Waals surface area contributed by atoms with E-state index in [0.29, 0.717) is 17.4 Å². The Kier molecular flexibility index (Phi) is 5.40. The summed E-state index contributed by atoms with van der Waals surface area (Å²) in [6.45, 7) is 2.10. The number of benzene rings is 4. The van der Waals surface area contributed by atoms with Gasteiger partial charge >= 0.3 is 0 Å². The number of hydrogen-bond donors (Lipinski definition) is 0. The van der Waals surface area contributed by atoms with Crippen molar-refractivity contribution in [1.29, 1.82) is 0 Å². The van der Waals surface area contributed by atoms with Crippen LogP contribution in [0.3, 0.4) is 0 Å². The molecule has 0 aliphatic heterocycles. The molecule has 0 heterocycles. The van der Waals surface area contributed by atoms with Crippen LogP contribution in [0.1, 0.15) is 29.3 Å². The molecule has 0 saturated heterocycles. The van der Waals surface area contributed by atoms with Crippen LogP contribution in [-0.4, -0.2) is 6.29 Å². The number of aryl methyl sites for hydroxylation is 1. The SMILES string of the molecule is CCCc1ccc2c(C=O)c(-c3cc(F)c(-c4cccc(F)c4)c(F)c3)ccc2c1. The first-order valence-corrected chi connectivity index (χ1v) is 9.78. The third-order valence-electron chi connectivity index (χ3n) is 5.25. The second kappa shape index (κ2) is 8.15. The number of carbonyl (C=O) groups excluding carboxylic acids is 1. The fraction of sp³-hybridized carbons (Fsp3) is 0.115. The Balaban J connectivity index is 1.86. The van der Waals surface area contributed by atoms with Gasteiger partial charge in [0.25, 0.3) is 0 Å². The van der Waals surface area contributed by atoms with Gasteiger partial charge in [0.15, 0.2) is 6.29 Å². The highest BCUT2D eigenvalue weighted by atomic mass is 19.1. The first-order valence-electron chi connectivity index (χ1n) is 9.78. The maximum atomic E-state index is 14.9. The molecular weight excluding hydrogens is 385 g/mol. The molecule has 0 bridgehead atoms. The van der Waals surface area contributed by atoms with Crippen LogP contribution < -0.4 is 0 Å². The van der Waals surface area contributed by atoms with Crippen molar-refractivity contribution in [3.05, 3.63) is 95.3 Å². The van der Waals surface area contributed by atoms with Gasteiger partial charge in [-0.3, -0.25) is 4.79 Å². The summed E-state index contributed by atoms with van der Waals surface area (Å²) < 4.78 is 43.2. The molecule has 4 aromatic carbocycles. The van der Waals surface area contributed by atoms with Gasteiger partial charge in [0.1, 0.15) is 17.5 Å². The first kappa shape index (κ1) is 19.9. The molecule has 0 N–H and O–H groups in total. The van der Waals surface area contributed by atoms with Crippen molar-refractivity contribution in [3.8, 4) is 22.3 Å². The standard InChI is InChI=1S/C26H19F3O/c1-2-4-16-7-9-21-17(11-16)8-10-22(23(21)15-30)19-13-24(28)26(25(29)14-19)18-5-3-6-20(27)12-18/h3,5-15H,2,4H2,1H3. The van der Waals surface area contributed by atoms with Gasteiger partial charge in [0.2, 0.25) is 0 Å². The van der Waals surface area contributed by atoms with Crippen LogP contribution in [0.15, 0.2) is 66.7 Å². The molecule has 150 valence electrons. The molecule has 4 heteroatoms. The van der Waals surface area contributed by atoms with E-state index in [9.17, 15) is 18.0 Å². The van der Waals surface area contributed by atoms with Gasteiger partial charge in [-0.2, -0.15) is 0 Å². The molecular formula is C26H19F3O. The predicted octanol–water partition coefficient (Wildman–Crippen LogP) is 7.36. The summed E-state index contributed by atoms with van der Waals surface area (Å²) in [6.07, 6.45) is 2.67. The van der Waals surface area contributed by atoms with Gasteiger partial charge in [-0.05, 0) is 63.7 Å². The lowest BCUT2D eigenvalue weighted by molar-refractivity contribution is 0.112. The number of rotatable bonds is 5. The lowest BCUT2D eigenvalue weighted by Gasteiger charge is -2.13. The first-order chi connectivity index (χ1) is 14.5. The van der Waals surface area contributed by atoms with E-state index in [0.717, 1.165) is 29.7 Å². The zero-order valence-corrected chi connectivity index (χ0v) is 16.4. The van der Waals surface area contributed by atoms with E-state index in [1.54, 1.807) is 6.07 Å². The second-order valence-corrected chi connectivity index (χ2v) is 7.28. The van der Waals surface area contributed by atoms with E-state index in [1.165, 1.54) is 35.9 Å². The van der Waals surface area contributed by atoms with Gasteiger partial charge in [0, 0.05) is 5.56 Å². The van der Waals surface area contributed by atoms with Crippen LogP contribution in [-0.2, 0) is 6.42 Å². The molecule has 30 heavy (non-hydrogen) atoms. The minimum Gasteiger partial charge on any atom is -0.298 e. The molecule has 0 aliphatic rings. The van der Waals surface area contributed by atoms with Crippen LogP contribution in [0.25, 0.3) is 33.0 Å². The third-order valence-corrected chi connectivity index (χ3v) is 5.25. The number of carbonyl (C=O) groups is 1. The molecule has 0 amide bonds. The highest BCUT2D eigenvalue weighted by Gasteiger charge is 2.17. The highest BCUT2D eigenvalue weighted by molar-refractivity contribution is 6.04. The summed E-state index contributed by atoms with van der Waals surface area (Å²) in [5.41, 5.74) is 2.08. The average molecular weight is 404 g/mol. The van der Waals surface area contributed by atoms with Crippen molar-refractivity contribution >= 4 is 17.1 Å². The Labute approximate surface area is 172 Å². The molecule has 0 aromatic heterocycles. The Morgan fingerprint density at radius 2 is 1.60 bits per heavy atom. The van der Waals surface area contributed by atoms with Gasteiger partial charge in [-0.1, -0.05) is 55.8 Å². The highest BCUT2D eigenvalue weighted by Crippen LogP contribution is 2.35. The van der Waals surface area contributed by atoms with Gasteiger partial charge in [0.05, 0.1) is 5.56 Å². The zero-order chi connectivity index (χ0) is 21.3. The van der Waals surface area contributed by atoms with E-state index >= 15 is 0 Å². The Bertz CT molecular complexity index is 1240. The summed E-state index contributed by atoms with van der Waals surface area (Å²) in [6, 6.07) is 17.0. The summed E-state index contributed by atoms with van der Waals surface area (Å²) in [5, 5.41) is 1.64. The summed E-state index contributed by atoms with van der Waals surface area (Å²) in [7, 11) is 0. The van der Waals surface area contributed by atoms with Crippen molar-refractivity contribution in [2.45, 2.75) is 19.8 Å². The summed E-state index contributed by atoms with van der Waals surface area (Å²) in [4.78, 5) is 11.9. The molecule has 0 aliphatic carbocycles. The monoisotopic (exact) mass is 404 g/mol. The lowest BCUT2D eigenvalue weighted by atomic mass is 9.92. The van der Waals surface area contributed by atoms with Gasteiger partial charge < -0.3 is 0 Å². The fourth-order valence-electron chi connectivity index (χ4n) is 3.87. The number of halogens is 3. The Morgan fingerprint density at radius 3 is 2.27 bits per heavy atom. The van der Waals surface area contributed by atoms with Crippen molar-refractivity contribution in [1.82, 2.24) is 0 Å². The molecule has 4 rings (SSSR count). The van der Waals surface area contributed by atoms with Gasteiger partial charge in [-0.25, -0.2) is 13.2 Å². The summed E-state index contributed by atoms with van der Waals surface area (Å²) >= 11 is 0. The average Bonchev–Trinajstić information content (AvgIpc) is 2.72. The number of fused-ring (bicyclic) bond motifs is 1. The molecule has 0 unspecified atom stereocenters. The Hall–Kier alpha value is -3.40. The topological polar surface area (TPSA) is 17.1 Å².